The molecule has 0 aromatic carbocycles. The van der Waals surface area contributed by atoms with Gasteiger partial charge in [0.1, 0.15) is 13.2 Å². The van der Waals surface area contributed by atoms with Crippen LogP contribution in [0.3, 0.4) is 0 Å². The van der Waals surface area contributed by atoms with Gasteiger partial charge in [-0.1, -0.05) is 252 Å². The van der Waals surface area contributed by atoms with Crippen molar-refractivity contribution in [3.63, 3.8) is 0 Å². The van der Waals surface area contributed by atoms with Crippen LogP contribution in [-0.4, -0.2) is 37.2 Å². The van der Waals surface area contributed by atoms with E-state index in [4.69, 9.17) is 14.2 Å². The van der Waals surface area contributed by atoms with Crippen LogP contribution in [0.4, 0.5) is 0 Å². The number of esters is 3. The molecule has 58 heavy (non-hydrogen) atoms. The standard InChI is InChI=1S/C52H100O6/c1-5-7-9-11-13-15-17-20-24-28-32-36-40-44-51(54)57-47-49(46-56-50(53)43-39-35-31-27-16-14-12-10-8-6-2)58-52(55)45-41-37-33-29-25-22-19-18-21-23-26-30-34-38-42-48(3)4/h48-49H,5-47H2,1-4H3/t49-/m0/s1. The molecule has 0 saturated heterocycles. The summed E-state index contributed by atoms with van der Waals surface area (Å²) in [4.78, 5) is 37.9. The second kappa shape index (κ2) is 46.5. The van der Waals surface area contributed by atoms with Gasteiger partial charge in [0, 0.05) is 19.3 Å². The van der Waals surface area contributed by atoms with Gasteiger partial charge < -0.3 is 14.2 Å². The molecular weight excluding hydrogens is 721 g/mol. The van der Waals surface area contributed by atoms with Gasteiger partial charge in [0.25, 0.3) is 0 Å². The van der Waals surface area contributed by atoms with E-state index < -0.39 is 6.10 Å². The van der Waals surface area contributed by atoms with Crippen molar-refractivity contribution in [2.24, 2.45) is 5.92 Å². The SMILES string of the molecule is CCCCCCCCCCCCCCCC(=O)OC[C@H](COC(=O)CCCCCCCCCCCC)OC(=O)CCCCCCCCCCCCCCCCC(C)C. The molecule has 0 heterocycles. The molecule has 0 saturated carbocycles. The van der Waals surface area contributed by atoms with Crippen molar-refractivity contribution in [1.29, 1.82) is 0 Å². The molecule has 6 heteroatoms. The molecule has 0 rings (SSSR count). The van der Waals surface area contributed by atoms with Crippen LogP contribution in [0.25, 0.3) is 0 Å². The van der Waals surface area contributed by atoms with Crippen LogP contribution >= 0.6 is 0 Å². The second-order valence-electron chi connectivity index (χ2n) is 18.3. The minimum Gasteiger partial charge on any atom is -0.462 e. The van der Waals surface area contributed by atoms with Gasteiger partial charge in [-0.2, -0.15) is 0 Å². The lowest BCUT2D eigenvalue weighted by Crippen LogP contribution is -2.30. The Bertz CT molecular complexity index is 872. The van der Waals surface area contributed by atoms with E-state index in [-0.39, 0.29) is 31.1 Å². The highest BCUT2D eigenvalue weighted by Gasteiger charge is 2.19. The summed E-state index contributed by atoms with van der Waals surface area (Å²) in [5.74, 6) is -0.00172. The normalized spacial score (nSPS) is 11.9. The number of unbranched alkanes of at least 4 members (excludes halogenated alkanes) is 34. The number of hydrogen-bond donors (Lipinski definition) is 0. The fourth-order valence-electron chi connectivity index (χ4n) is 7.86. The van der Waals surface area contributed by atoms with Crippen molar-refractivity contribution < 1.29 is 28.6 Å². The van der Waals surface area contributed by atoms with Crippen molar-refractivity contribution in [1.82, 2.24) is 0 Å². The minimum atomic E-state index is -0.760. The maximum absolute atomic E-state index is 12.8. The summed E-state index contributed by atoms with van der Waals surface area (Å²) in [5.41, 5.74) is 0. The monoisotopic (exact) mass is 821 g/mol. The summed E-state index contributed by atoms with van der Waals surface area (Å²) in [6.45, 7) is 9.02. The van der Waals surface area contributed by atoms with Crippen LogP contribution in [0.1, 0.15) is 291 Å². The third-order valence-corrected chi connectivity index (χ3v) is 11.8. The van der Waals surface area contributed by atoms with Gasteiger partial charge in [-0.3, -0.25) is 14.4 Å². The Morgan fingerprint density at radius 1 is 0.328 bits per heavy atom. The van der Waals surface area contributed by atoms with Crippen molar-refractivity contribution in [2.75, 3.05) is 13.2 Å². The fourth-order valence-corrected chi connectivity index (χ4v) is 7.86. The molecule has 0 N–H and O–H groups in total. The molecular formula is C52H100O6. The molecule has 0 unspecified atom stereocenters. The lowest BCUT2D eigenvalue weighted by Gasteiger charge is -2.18. The third-order valence-electron chi connectivity index (χ3n) is 11.8. The summed E-state index contributed by atoms with van der Waals surface area (Å²) in [6.07, 6.45) is 48.0. The molecule has 0 radical (unpaired) electrons. The molecule has 0 aromatic heterocycles. The smallest absolute Gasteiger partial charge is 0.306 e. The van der Waals surface area contributed by atoms with E-state index in [1.165, 1.54) is 186 Å². The van der Waals surface area contributed by atoms with Gasteiger partial charge in [0.2, 0.25) is 0 Å². The maximum Gasteiger partial charge on any atom is 0.306 e. The number of hydrogen-bond acceptors (Lipinski definition) is 6. The lowest BCUT2D eigenvalue weighted by molar-refractivity contribution is -0.167. The highest BCUT2D eigenvalue weighted by atomic mass is 16.6. The Balaban J connectivity index is 4.28. The summed E-state index contributed by atoms with van der Waals surface area (Å²) >= 11 is 0. The van der Waals surface area contributed by atoms with E-state index >= 15 is 0 Å². The predicted octanol–water partition coefficient (Wildman–Crippen LogP) is 16.7. The quantitative estimate of drug-likeness (QED) is 0.0346. The Labute approximate surface area is 361 Å². The first-order valence-electron chi connectivity index (χ1n) is 25.9. The molecule has 0 aliphatic carbocycles. The van der Waals surface area contributed by atoms with Crippen LogP contribution in [-0.2, 0) is 28.6 Å². The van der Waals surface area contributed by atoms with E-state index in [1.54, 1.807) is 0 Å². The molecule has 0 bridgehead atoms. The van der Waals surface area contributed by atoms with Crippen molar-refractivity contribution >= 4 is 17.9 Å². The fraction of sp³-hybridized carbons (Fsp3) is 0.942. The molecule has 1 atom stereocenters. The Hall–Kier alpha value is -1.59. The lowest BCUT2D eigenvalue weighted by atomic mass is 10.0. The first kappa shape index (κ1) is 56.4. The molecule has 344 valence electrons. The van der Waals surface area contributed by atoms with Gasteiger partial charge in [-0.05, 0) is 25.2 Å². The molecule has 0 amide bonds. The van der Waals surface area contributed by atoms with Gasteiger partial charge in [-0.15, -0.1) is 0 Å². The summed E-state index contributed by atoms with van der Waals surface area (Å²) in [5, 5.41) is 0. The second-order valence-corrected chi connectivity index (χ2v) is 18.3. The van der Waals surface area contributed by atoms with Gasteiger partial charge in [0.05, 0.1) is 0 Å². The van der Waals surface area contributed by atoms with Crippen LogP contribution in [0.15, 0.2) is 0 Å². The van der Waals surface area contributed by atoms with E-state index in [9.17, 15) is 14.4 Å². The average molecular weight is 821 g/mol. The van der Waals surface area contributed by atoms with Crippen LogP contribution in [0.2, 0.25) is 0 Å². The van der Waals surface area contributed by atoms with Crippen LogP contribution in [0, 0.1) is 5.92 Å². The zero-order valence-corrected chi connectivity index (χ0v) is 39.5. The Morgan fingerprint density at radius 3 is 0.845 bits per heavy atom. The maximum atomic E-state index is 12.8. The van der Waals surface area contributed by atoms with Crippen molar-refractivity contribution in [3.05, 3.63) is 0 Å². The zero-order chi connectivity index (χ0) is 42.4. The number of carbonyl (C=O) groups is 3. The van der Waals surface area contributed by atoms with Gasteiger partial charge in [-0.25, -0.2) is 0 Å². The molecule has 6 nitrogen and oxygen atoms in total. The number of rotatable bonds is 47. The van der Waals surface area contributed by atoms with Gasteiger partial charge >= 0.3 is 17.9 Å². The van der Waals surface area contributed by atoms with E-state index in [1.807, 2.05) is 0 Å². The Kier molecular flexibility index (Phi) is 45.2. The average Bonchev–Trinajstić information content (AvgIpc) is 3.21. The third kappa shape index (κ3) is 45.5. The van der Waals surface area contributed by atoms with Crippen LogP contribution < -0.4 is 0 Å². The largest absolute Gasteiger partial charge is 0.462 e. The van der Waals surface area contributed by atoms with E-state index in [0.29, 0.717) is 19.3 Å². The minimum absolute atomic E-state index is 0.0626. The predicted molar refractivity (Wildman–Crippen MR) is 247 cm³/mol. The Morgan fingerprint density at radius 2 is 0.569 bits per heavy atom. The summed E-state index contributed by atoms with van der Waals surface area (Å²) < 4.78 is 16.8. The summed E-state index contributed by atoms with van der Waals surface area (Å²) in [7, 11) is 0. The van der Waals surface area contributed by atoms with Crippen molar-refractivity contribution in [2.45, 2.75) is 297 Å². The number of carbonyl (C=O) groups excluding carboxylic acids is 3. The first-order chi connectivity index (χ1) is 28.4. The molecule has 0 aliphatic heterocycles. The van der Waals surface area contributed by atoms with Crippen molar-refractivity contribution in [3.8, 4) is 0 Å². The first-order valence-corrected chi connectivity index (χ1v) is 25.9. The zero-order valence-electron chi connectivity index (χ0n) is 39.5. The van der Waals surface area contributed by atoms with Gasteiger partial charge in [0.15, 0.2) is 6.10 Å². The van der Waals surface area contributed by atoms with Crippen LogP contribution in [0.5, 0.6) is 0 Å². The number of ether oxygens (including phenoxy) is 3. The summed E-state index contributed by atoms with van der Waals surface area (Å²) in [6, 6.07) is 0. The van der Waals surface area contributed by atoms with E-state index in [0.717, 1.165) is 63.7 Å². The van der Waals surface area contributed by atoms with E-state index in [2.05, 4.69) is 27.7 Å². The molecule has 0 fully saturated rings. The topological polar surface area (TPSA) is 78.9 Å². The highest BCUT2D eigenvalue weighted by Crippen LogP contribution is 2.17. The molecule has 0 aliphatic rings. The molecule has 0 spiro atoms. The molecule has 0 aromatic rings. The highest BCUT2D eigenvalue weighted by molar-refractivity contribution is 5.71.